The number of allylic oxidation sites excluding steroid dienone is 10. The lowest BCUT2D eigenvalue weighted by atomic mass is 9.63. The first-order valence-corrected chi connectivity index (χ1v) is 19.3. The van der Waals surface area contributed by atoms with Gasteiger partial charge in [-0.15, -0.1) is 0 Å². The molecular formula is C51H43NO. The van der Waals surface area contributed by atoms with Gasteiger partial charge in [0.25, 0.3) is 0 Å². The zero-order valence-corrected chi connectivity index (χ0v) is 30.3. The molecule has 2 atom stereocenters. The summed E-state index contributed by atoms with van der Waals surface area (Å²) in [6.45, 7) is 2.16. The van der Waals surface area contributed by atoms with E-state index in [1.807, 2.05) is 0 Å². The van der Waals surface area contributed by atoms with E-state index in [4.69, 9.17) is 4.74 Å². The van der Waals surface area contributed by atoms with Gasteiger partial charge in [-0.1, -0.05) is 139 Å². The van der Waals surface area contributed by atoms with Crippen molar-refractivity contribution in [1.29, 1.82) is 0 Å². The molecule has 10 rings (SSSR count). The molecule has 4 aliphatic carbocycles. The maximum Gasteiger partial charge on any atom is 0.152 e. The van der Waals surface area contributed by atoms with Gasteiger partial charge >= 0.3 is 0 Å². The number of benzene rings is 5. The van der Waals surface area contributed by atoms with Crippen LogP contribution in [0, 0.1) is 0 Å². The number of ether oxygens (including phenoxy) is 1. The number of nitrogens with zero attached hydrogens (tertiary/aromatic N) is 1. The number of para-hydroxylation sites is 1. The normalized spacial score (nSPS) is 20.8. The van der Waals surface area contributed by atoms with Gasteiger partial charge in [0.05, 0.1) is 11.1 Å². The van der Waals surface area contributed by atoms with E-state index < -0.39 is 0 Å². The van der Waals surface area contributed by atoms with Crippen molar-refractivity contribution in [3.05, 3.63) is 197 Å². The molecule has 5 aromatic rings. The Morgan fingerprint density at radius 1 is 0.642 bits per heavy atom. The molecule has 0 spiro atoms. The van der Waals surface area contributed by atoms with Crippen LogP contribution >= 0.6 is 0 Å². The predicted molar refractivity (Wildman–Crippen MR) is 221 cm³/mol. The topological polar surface area (TPSA) is 12.5 Å². The maximum atomic E-state index is 6.97. The van der Waals surface area contributed by atoms with Crippen molar-refractivity contribution in [2.24, 2.45) is 0 Å². The van der Waals surface area contributed by atoms with E-state index in [0.717, 1.165) is 54.1 Å². The van der Waals surface area contributed by atoms with E-state index in [2.05, 4.69) is 176 Å². The molecule has 2 bridgehead atoms. The van der Waals surface area contributed by atoms with E-state index in [1.54, 1.807) is 5.57 Å². The molecule has 5 aromatic carbocycles. The minimum atomic E-state index is -0.283. The van der Waals surface area contributed by atoms with Crippen LogP contribution in [0.5, 0.6) is 5.75 Å². The van der Waals surface area contributed by atoms with Crippen molar-refractivity contribution < 1.29 is 4.74 Å². The molecule has 5 aliphatic rings. The van der Waals surface area contributed by atoms with Gasteiger partial charge in [-0.3, -0.25) is 0 Å². The summed E-state index contributed by atoms with van der Waals surface area (Å²) in [5.74, 6) is 0.923. The van der Waals surface area contributed by atoms with E-state index in [-0.39, 0.29) is 11.5 Å². The number of rotatable bonds is 6. The highest BCUT2D eigenvalue weighted by Crippen LogP contribution is 2.60. The number of hydrogen-bond donors (Lipinski definition) is 0. The van der Waals surface area contributed by atoms with Gasteiger partial charge in [0.2, 0.25) is 0 Å². The molecule has 2 unspecified atom stereocenters. The van der Waals surface area contributed by atoms with Crippen molar-refractivity contribution in [2.45, 2.75) is 57.0 Å². The zero-order valence-electron chi connectivity index (χ0n) is 30.3. The van der Waals surface area contributed by atoms with Gasteiger partial charge in [-0.2, -0.15) is 0 Å². The van der Waals surface area contributed by atoms with Crippen LogP contribution in [0.4, 0.5) is 17.1 Å². The Kier molecular flexibility index (Phi) is 7.79. The molecule has 0 fully saturated rings. The van der Waals surface area contributed by atoms with Crippen molar-refractivity contribution >= 4 is 22.6 Å². The Morgan fingerprint density at radius 3 is 2.26 bits per heavy atom. The van der Waals surface area contributed by atoms with Crippen LogP contribution in [-0.2, 0) is 5.41 Å². The maximum absolute atomic E-state index is 6.97. The van der Waals surface area contributed by atoms with Gasteiger partial charge in [-0.25, -0.2) is 0 Å². The highest BCUT2D eigenvalue weighted by Gasteiger charge is 2.48. The lowest BCUT2D eigenvalue weighted by Crippen LogP contribution is -2.32. The first-order chi connectivity index (χ1) is 26.2. The first kappa shape index (κ1) is 31.8. The van der Waals surface area contributed by atoms with E-state index in [1.165, 1.54) is 62.9 Å². The number of fused-ring (bicyclic) bond motifs is 6. The van der Waals surface area contributed by atoms with Crippen molar-refractivity contribution in [2.75, 3.05) is 4.90 Å². The van der Waals surface area contributed by atoms with Gasteiger partial charge in [0.15, 0.2) is 5.75 Å². The summed E-state index contributed by atoms with van der Waals surface area (Å²) in [6, 6.07) is 42.8. The summed E-state index contributed by atoms with van der Waals surface area (Å²) in [5, 5.41) is 0. The van der Waals surface area contributed by atoms with Crippen LogP contribution in [-0.4, -0.2) is 6.10 Å². The molecular weight excluding hydrogens is 643 g/mol. The van der Waals surface area contributed by atoms with Crippen LogP contribution in [0.1, 0.15) is 62.1 Å². The number of hydrogen-bond acceptors (Lipinski definition) is 2. The minimum absolute atomic E-state index is 0.109. The van der Waals surface area contributed by atoms with Gasteiger partial charge in [0.1, 0.15) is 6.10 Å². The number of anilines is 3. The van der Waals surface area contributed by atoms with E-state index in [0.29, 0.717) is 0 Å². The average molecular weight is 686 g/mol. The largest absolute Gasteiger partial charge is 0.479 e. The van der Waals surface area contributed by atoms with Crippen LogP contribution in [0.3, 0.4) is 0 Å². The molecule has 0 N–H and O–H groups in total. The molecule has 2 heteroatoms. The highest BCUT2D eigenvalue weighted by molar-refractivity contribution is 5.92. The summed E-state index contributed by atoms with van der Waals surface area (Å²) in [4.78, 5) is 2.44. The second-order valence-corrected chi connectivity index (χ2v) is 15.0. The quantitative estimate of drug-likeness (QED) is 0.165. The second-order valence-electron chi connectivity index (χ2n) is 15.0. The van der Waals surface area contributed by atoms with Crippen LogP contribution < -0.4 is 9.64 Å². The van der Waals surface area contributed by atoms with Crippen molar-refractivity contribution in [3.8, 4) is 28.0 Å². The molecule has 1 aliphatic heterocycles. The lowest BCUT2D eigenvalue weighted by molar-refractivity contribution is 0.281. The minimum Gasteiger partial charge on any atom is -0.479 e. The predicted octanol–water partition coefficient (Wildman–Crippen LogP) is 13.5. The Hall–Kier alpha value is -5.86. The summed E-state index contributed by atoms with van der Waals surface area (Å²) < 4.78 is 6.97. The molecule has 2 nitrogen and oxygen atoms in total. The average Bonchev–Trinajstić information content (AvgIpc) is 3.43. The molecule has 1 heterocycles. The van der Waals surface area contributed by atoms with Crippen molar-refractivity contribution in [1.82, 2.24) is 0 Å². The van der Waals surface area contributed by atoms with Crippen LogP contribution in [0.15, 0.2) is 181 Å². The molecule has 0 aromatic heterocycles. The standard InChI is InChI=1S/C51H43NO/c1-35-15-13-18-38-33-49(35)53-50-43(38)24-14-26-48(50)52(41-29-27-37(28-30-41)36-16-5-2-6-17-36)42-31-32-45-44-23-11-12-25-46(44)51(47(45)34-42,39-19-7-3-8-20-39)40-21-9-4-10-22-40/h2-3,5-7,11-19,21,23-34,49H,4,8-10,20,22H2,1H3. The Balaban J connectivity index is 1.21. The Morgan fingerprint density at radius 2 is 1.43 bits per heavy atom. The SMILES string of the molecule is CC1=CC=CC2=CC1Oc1c2cccc1N(c1ccc(-c2ccccc2)cc1)c1ccc2c(c1)C(C1=CC=CCC1)(C1=CCCCC1)c1ccccc1-2. The molecule has 258 valence electrons. The summed E-state index contributed by atoms with van der Waals surface area (Å²) in [7, 11) is 0. The van der Waals surface area contributed by atoms with Crippen molar-refractivity contribution in [3.63, 3.8) is 0 Å². The Bertz CT molecular complexity index is 2440. The second kappa shape index (κ2) is 13.0. The third kappa shape index (κ3) is 5.15. The first-order valence-electron chi connectivity index (χ1n) is 19.3. The smallest absolute Gasteiger partial charge is 0.152 e. The zero-order chi connectivity index (χ0) is 35.4. The Labute approximate surface area is 313 Å². The molecule has 0 saturated heterocycles. The molecule has 0 radical (unpaired) electrons. The van der Waals surface area contributed by atoms with E-state index >= 15 is 0 Å². The third-order valence-electron chi connectivity index (χ3n) is 12.0. The highest BCUT2D eigenvalue weighted by atomic mass is 16.5. The summed E-state index contributed by atoms with van der Waals surface area (Å²) in [5.41, 5.74) is 17.6. The fourth-order valence-electron chi connectivity index (χ4n) is 9.49. The summed E-state index contributed by atoms with van der Waals surface area (Å²) in [6.07, 6.45) is 25.2. The van der Waals surface area contributed by atoms with Crippen LogP contribution in [0.2, 0.25) is 0 Å². The van der Waals surface area contributed by atoms with Gasteiger partial charge in [-0.05, 0) is 126 Å². The fraction of sp³-hybridized carbons (Fsp3) is 0.176. The molecule has 0 saturated carbocycles. The van der Waals surface area contributed by atoms with Gasteiger partial charge in [0, 0.05) is 16.9 Å². The van der Waals surface area contributed by atoms with Gasteiger partial charge < -0.3 is 9.64 Å². The summed E-state index contributed by atoms with van der Waals surface area (Å²) >= 11 is 0. The van der Waals surface area contributed by atoms with Crippen LogP contribution in [0.25, 0.3) is 27.8 Å². The molecule has 53 heavy (non-hydrogen) atoms. The lowest BCUT2D eigenvalue weighted by Gasteiger charge is -2.40. The monoisotopic (exact) mass is 685 g/mol. The van der Waals surface area contributed by atoms with E-state index in [9.17, 15) is 0 Å². The fourth-order valence-corrected chi connectivity index (χ4v) is 9.49. The third-order valence-corrected chi connectivity index (χ3v) is 12.0. The molecule has 0 amide bonds.